The number of nitrogens with zero attached hydrogens (tertiary/aromatic N) is 2. The number of urea groups is 1. The van der Waals surface area contributed by atoms with Crippen molar-refractivity contribution in [2.75, 3.05) is 0 Å². The van der Waals surface area contributed by atoms with E-state index in [2.05, 4.69) is 21.2 Å². The molecule has 0 aliphatic carbocycles. The number of aryl methyl sites for hydroxylation is 1. The summed E-state index contributed by atoms with van der Waals surface area (Å²) in [5, 5.41) is 13.5. The van der Waals surface area contributed by atoms with Crippen molar-refractivity contribution in [3.05, 3.63) is 91.8 Å². The van der Waals surface area contributed by atoms with Gasteiger partial charge >= 0.3 is 6.03 Å². The number of amides is 3. The molecule has 3 aromatic rings. The first-order valence-corrected chi connectivity index (χ1v) is 10.1. The van der Waals surface area contributed by atoms with E-state index in [4.69, 9.17) is 4.42 Å². The molecule has 31 heavy (non-hydrogen) atoms. The quantitative estimate of drug-likeness (QED) is 0.238. The number of imide groups is 1. The Morgan fingerprint density at radius 2 is 1.87 bits per heavy atom. The Labute approximate surface area is 185 Å². The van der Waals surface area contributed by atoms with Crippen LogP contribution >= 0.6 is 15.9 Å². The molecule has 1 aromatic heterocycles. The van der Waals surface area contributed by atoms with Gasteiger partial charge < -0.3 is 9.73 Å². The predicted octanol–water partition coefficient (Wildman–Crippen LogP) is 5.02. The molecule has 1 N–H and O–H groups in total. The van der Waals surface area contributed by atoms with Crippen LogP contribution in [0.5, 0.6) is 0 Å². The molecule has 0 spiro atoms. The number of hydrogen-bond donors (Lipinski definition) is 1. The lowest BCUT2D eigenvalue weighted by molar-refractivity contribution is -0.384. The van der Waals surface area contributed by atoms with Crippen LogP contribution in [-0.2, 0) is 11.3 Å². The first-order chi connectivity index (χ1) is 14.8. The van der Waals surface area contributed by atoms with Crippen molar-refractivity contribution in [1.82, 2.24) is 10.2 Å². The zero-order valence-electron chi connectivity index (χ0n) is 16.3. The molecule has 1 saturated heterocycles. The lowest BCUT2D eigenvalue weighted by Crippen LogP contribution is -2.30. The summed E-state index contributed by atoms with van der Waals surface area (Å²) in [6.45, 7) is 2.13. The minimum atomic E-state index is -0.498. The fourth-order valence-electron chi connectivity index (χ4n) is 3.13. The van der Waals surface area contributed by atoms with Gasteiger partial charge in [-0.3, -0.25) is 19.8 Å². The third-order valence-electron chi connectivity index (χ3n) is 4.77. The summed E-state index contributed by atoms with van der Waals surface area (Å²) >= 11 is 3.31. The summed E-state index contributed by atoms with van der Waals surface area (Å²) in [6, 6.07) is 14.8. The number of nitrogens with one attached hydrogen (secondary N) is 1. The van der Waals surface area contributed by atoms with Gasteiger partial charge in [0.15, 0.2) is 0 Å². The molecule has 3 amide bonds. The summed E-state index contributed by atoms with van der Waals surface area (Å²) in [6.07, 6.45) is 1.46. The third-order valence-corrected chi connectivity index (χ3v) is 5.42. The van der Waals surface area contributed by atoms with Gasteiger partial charge in [-0.2, -0.15) is 0 Å². The number of benzene rings is 2. The fraction of sp³-hybridized carbons (Fsp3) is 0.0909. The van der Waals surface area contributed by atoms with Crippen LogP contribution in [0.4, 0.5) is 10.5 Å². The molecule has 1 fully saturated rings. The van der Waals surface area contributed by atoms with E-state index in [1.807, 2.05) is 31.2 Å². The van der Waals surface area contributed by atoms with Crippen LogP contribution in [0.15, 0.2) is 69.2 Å². The molecule has 9 heteroatoms. The molecule has 2 aromatic carbocycles. The molecular weight excluding hydrogens is 466 g/mol. The summed E-state index contributed by atoms with van der Waals surface area (Å²) in [5.41, 5.74) is 2.63. The van der Waals surface area contributed by atoms with Gasteiger partial charge in [0.1, 0.15) is 17.2 Å². The second kappa shape index (κ2) is 8.19. The number of non-ortho nitro benzene ring substituents is 1. The average Bonchev–Trinajstić information content (AvgIpc) is 3.29. The molecule has 156 valence electrons. The molecule has 0 unspecified atom stereocenters. The van der Waals surface area contributed by atoms with Crippen LogP contribution in [0, 0.1) is 17.0 Å². The van der Waals surface area contributed by atoms with Crippen molar-refractivity contribution in [1.29, 1.82) is 0 Å². The number of furan rings is 1. The van der Waals surface area contributed by atoms with Crippen molar-refractivity contribution in [3.63, 3.8) is 0 Å². The molecule has 2 heterocycles. The van der Waals surface area contributed by atoms with Crippen LogP contribution in [-0.4, -0.2) is 21.8 Å². The largest absolute Gasteiger partial charge is 0.457 e. The number of carbonyl (C=O) groups is 2. The van der Waals surface area contributed by atoms with Crippen LogP contribution in [0.1, 0.15) is 16.9 Å². The van der Waals surface area contributed by atoms with Crippen molar-refractivity contribution in [2.45, 2.75) is 13.5 Å². The molecule has 1 aliphatic rings. The standard InChI is InChI=1S/C22H16BrN3O5/c1-13-2-4-14(5-3-13)12-25-21(27)19(24-22(25)28)11-16-7-9-20(31-16)17-8-6-15(26(29)30)10-18(17)23/h2-11H,12H2,1H3,(H,24,28)/b19-11-. The summed E-state index contributed by atoms with van der Waals surface area (Å²) in [5.74, 6) is 0.378. The van der Waals surface area contributed by atoms with Gasteiger partial charge in [-0.15, -0.1) is 0 Å². The van der Waals surface area contributed by atoms with E-state index in [9.17, 15) is 19.7 Å². The van der Waals surface area contributed by atoms with E-state index in [1.165, 1.54) is 18.2 Å². The smallest absolute Gasteiger partial charge is 0.329 e. The maximum atomic E-state index is 12.7. The molecular formula is C22H16BrN3O5. The third kappa shape index (κ3) is 4.26. The molecule has 0 saturated carbocycles. The first kappa shape index (κ1) is 20.5. The molecule has 0 radical (unpaired) electrons. The van der Waals surface area contributed by atoms with Gasteiger partial charge in [-0.05, 0) is 46.6 Å². The first-order valence-electron chi connectivity index (χ1n) is 9.26. The highest BCUT2D eigenvalue weighted by Gasteiger charge is 2.33. The number of nitro groups is 1. The maximum Gasteiger partial charge on any atom is 0.329 e. The summed E-state index contributed by atoms with van der Waals surface area (Å²) < 4.78 is 6.27. The Bertz CT molecular complexity index is 1230. The molecule has 4 rings (SSSR count). The predicted molar refractivity (Wildman–Crippen MR) is 117 cm³/mol. The Morgan fingerprint density at radius 1 is 1.13 bits per heavy atom. The second-order valence-electron chi connectivity index (χ2n) is 6.99. The highest BCUT2D eigenvalue weighted by molar-refractivity contribution is 9.10. The molecule has 0 atom stereocenters. The van der Waals surface area contributed by atoms with Crippen molar-refractivity contribution < 1.29 is 18.9 Å². The van der Waals surface area contributed by atoms with E-state index in [-0.39, 0.29) is 17.9 Å². The topological polar surface area (TPSA) is 106 Å². The summed E-state index contributed by atoms with van der Waals surface area (Å²) in [7, 11) is 0. The van der Waals surface area contributed by atoms with Crippen LogP contribution in [0.25, 0.3) is 17.4 Å². The van der Waals surface area contributed by atoms with Gasteiger partial charge in [0, 0.05) is 28.2 Å². The van der Waals surface area contributed by atoms with E-state index in [0.29, 0.717) is 21.6 Å². The van der Waals surface area contributed by atoms with Gasteiger partial charge in [0.25, 0.3) is 11.6 Å². The van der Waals surface area contributed by atoms with Crippen LogP contribution in [0.2, 0.25) is 0 Å². The van der Waals surface area contributed by atoms with Gasteiger partial charge in [0.2, 0.25) is 0 Å². The van der Waals surface area contributed by atoms with Gasteiger partial charge in [0.05, 0.1) is 11.5 Å². The normalized spacial score (nSPS) is 14.9. The lowest BCUT2D eigenvalue weighted by Gasteiger charge is -2.11. The van der Waals surface area contributed by atoms with E-state index in [1.54, 1.807) is 18.2 Å². The number of nitro benzene ring substituents is 1. The number of rotatable bonds is 5. The highest BCUT2D eigenvalue weighted by Crippen LogP contribution is 2.33. The van der Waals surface area contributed by atoms with E-state index < -0.39 is 16.9 Å². The van der Waals surface area contributed by atoms with Crippen molar-refractivity contribution in [3.8, 4) is 11.3 Å². The van der Waals surface area contributed by atoms with Crippen LogP contribution in [0.3, 0.4) is 0 Å². The zero-order chi connectivity index (χ0) is 22.1. The lowest BCUT2D eigenvalue weighted by atomic mass is 10.1. The van der Waals surface area contributed by atoms with Gasteiger partial charge in [-0.1, -0.05) is 29.8 Å². The molecule has 0 bridgehead atoms. The summed E-state index contributed by atoms with van der Waals surface area (Å²) in [4.78, 5) is 36.5. The fourth-order valence-corrected chi connectivity index (χ4v) is 3.69. The molecule has 8 nitrogen and oxygen atoms in total. The highest BCUT2D eigenvalue weighted by atomic mass is 79.9. The molecule has 1 aliphatic heterocycles. The van der Waals surface area contributed by atoms with Crippen LogP contribution < -0.4 is 5.32 Å². The minimum absolute atomic E-state index is 0.0440. The average molecular weight is 482 g/mol. The van der Waals surface area contributed by atoms with E-state index in [0.717, 1.165) is 16.0 Å². The number of hydrogen-bond acceptors (Lipinski definition) is 5. The Hall–Kier alpha value is -3.72. The zero-order valence-corrected chi connectivity index (χ0v) is 17.9. The van der Waals surface area contributed by atoms with Crippen molar-refractivity contribution >= 4 is 39.6 Å². The van der Waals surface area contributed by atoms with Gasteiger partial charge in [-0.25, -0.2) is 4.79 Å². The number of halogens is 1. The Kier molecular flexibility index (Phi) is 5.43. The Balaban J connectivity index is 1.54. The minimum Gasteiger partial charge on any atom is -0.457 e. The SMILES string of the molecule is Cc1ccc(CN2C(=O)N/C(=C\c3ccc(-c4ccc([N+](=O)[O-])cc4Br)o3)C2=O)cc1. The van der Waals surface area contributed by atoms with Crippen molar-refractivity contribution in [2.24, 2.45) is 0 Å². The Morgan fingerprint density at radius 3 is 2.55 bits per heavy atom. The maximum absolute atomic E-state index is 12.7. The van der Waals surface area contributed by atoms with E-state index >= 15 is 0 Å². The number of carbonyl (C=O) groups excluding carboxylic acids is 2. The second-order valence-corrected chi connectivity index (χ2v) is 7.84. The monoisotopic (exact) mass is 481 g/mol.